The van der Waals surface area contributed by atoms with Gasteiger partial charge in [-0.3, -0.25) is 13.9 Å². The fraction of sp³-hybridized carbons (Fsp3) is 0.636. The molecule has 0 atom stereocenters. The van der Waals surface area contributed by atoms with Crippen molar-refractivity contribution in [2.45, 2.75) is 45.7 Å². The third-order valence-corrected chi connectivity index (χ3v) is 2.55. The van der Waals surface area contributed by atoms with Crippen molar-refractivity contribution in [1.29, 1.82) is 0 Å². The molecule has 0 saturated carbocycles. The molecule has 1 heterocycles. The van der Waals surface area contributed by atoms with Gasteiger partial charge in [-0.05, 0) is 19.8 Å². The number of nitrogens with zero attached hydrogens (tertiary/aromatic N) is 2. The third kappa shape index (κ3) is 3.56. The second kappa shape index (κ2) is 6.15. The van der Waals surface area contributed by atoms with E-state index in [0.29, 0.717) is 19.5 Å². The van der Waals surface area contributed by atoms with Crippen molar-refractivity contribution < 1.29 is 9.90 Å². The summed E-state index contributed by atoms with van der Waals surface area (Å²) in [6, 6.07) is 0. The summed E-state index contributed by atoms with van der Waals surface area (Å²) in [5.41, 5.74) is 0.0146. The van der Waals surface area contributed by atoms with E-state index in [2.05, 4.69) is 0 Å². The molecular formula is C11H18N2O3. The van der Waals surface area contributed by atoms with E-state index >= 15 is 0 Å². The first-order valence-electron chi connectivity index (χ1n) is 5.62. The molecule has 0 spiro atoms. The van der Waals surface area contributed by atoms with Gasteiger partial charge in [0.1, 0.15) is 0 Å². The van der Waals surface area contributed by atoms with Crippen LogP contribution in [-0.2, 0) is 17.9 Å². The Morgan fingerprint density at radius 2 is 1.94 bits per heavy atom. The molecule has 0 aliphatic rings. The van der Waals surface area contributed by atoms with Gasteiger partial charge in [0.2, 0.25) is 0 Å². The molecule has 1 N–H and O–H groups in total. The molecule has 16 heavy (non-hydrogen) atoms. The van der Waals surface area contributed by atoms with E-state index in [1.807, 2.05) is 6.92 Å². The van der Waals surface area contributed by atoms with Crippen LogP contribution < -0.4 is 5.69 Å². The summed E-state index contributed by atoms with van der Waals surface area (Å²) in [4.78, 5) is 21.9. The largest absolute Gasteiger partial charge is 0.481 e. The van der Waals surface area contributed by atoms with E-state index in [1.165, 1.54) is 0 Å². The average Bonchev–Trinajstić information content (AvgIpc) is 2.59. The Labute approximate surface area is 94.3 Å². The standard InChI is InChI=1S/C11H18N2O3/c1-2-12-8-9-13(11(12)16)7-5-3-4-6-10(14)15/h8-9H,2-7H2,1H3,(H,14,15). The molecule has 5 nitrogen and oxygen atoms in total. The molecule has 0 amide bonds. The van der Waals surface area contributed by atoms with Gasteiger partial charge in [0.05, 0.1) is 0 Å². The number of imidazole rings is 1. The molecule has 0 aromatic carbocycles. The number of rotatable bonds is 7. The minimum atomic E-state index is -0.755. The van der Waals surface area contributed by atoms with Crippen molar-refractivity contribution >= 4 is 5.97 Å². The first-order chi connectivity index (χ1) is 7.65. The van der Waals surface area contributed by atoms with Crippen LogP contribution in [0.3, 0.4) is 0 Å². The van der Waals surface area contributed by atoms with E-state index in [-0.39, 0.29) is 12.1 Å². The van der Waals surface area contributed by atoms with Crippen LogP contribution in [0.15, 0.2) is 17.2 Å². The average molecular weight is 226 g/mol. The van der Waals surface area contributed by atoms with Gasteiger partial charge in [-0.15, -0.1) is 0 Å². The van der Waals surface area contributed by atoms with Crippen LogP contribution in [0, 0.1) is 0 Å². The summed E-state index contributed by atoms with van der Waals surface area (Å²) in [5.74, 6) is -0.755. The van der Waals surface area contributed by atoms with E-state index in [1.54, 1.807) is 21.5 Å². The summed E-state index contributed by atoms with van der Waals surface area (Å²) in [6.45, 7) is 3.29. The minimum absolute atomic E-state index is 0.0146. The monoisotopic (exact) mass is 226 g/mol. The molecule has 1 aromatic heterocycles. The number of aryl methyl sites for hydroxylation is 2. The van der Waals surface area contributed by atoms with Crippen molar-refractivity contribution in [3.05, 3.63) is 22.9 Å². The Kier molecular flexibility index (Phi) is 4.82. The summed E-state index contributed by atoms with van der Waals surface area (Å²) >= 11 is 0. The molecule has 0 unspecified atom stereocenters. The predicted octanol–water partition coefficient (Wildman–Crippen LogP) is 1.31. The first kappa shape index (κ1) is 12.5. The number of hydrogen-bond donors (Lipinski definition) is 1. The van der Waals surface area contributed by atoms with Gasteiger partial charge in [0, 0.05) is 31.9 Å². The van der Waals surface area contributed by atoms with Crippen molar-refractivity contribution in [2.24, 2.45) is 0 Å². The van der Waals surface area contributed by atoms with Crippen molar-refractivity contribution in [3.8, 4) is 0 Å². The summed E-state index contributed by atoms with van der Waals surface area (Å²) in [6.07, 6.45) is 6.14. The van der Waals surface area contributed by atoms with Gasteiger partial charge < -0.3 is 5.11 Å². The van der Waals surface area contributed by atoms with Gasteiger partial charge in [-0.1, -0.05) is 6.42 Å². The Hall–Kier alpha value is -1.52. The van der Waals surface area contributed by atoms with E-state index in [0.717, 1.165) is 12.8 Å². The second-order valence-electron chi connectivity index (χ2n) is 3.76. The van der Waals surface area contributed by atoms with Crippen LogP contribution in [0.4, 0.5) is 0 Å². The molecule has 0 saturated heterocycles. The normalized spacial score (nSPS) is 10.6. The highest BCUT2D eigenvalue weighted by molar-refractivity contribution is 5.66. The molecule has 1 aromatic rings. The number of aliphatic carboxylic acids is 1. The number of hydrogen-bond acceptors (Lipinski definition) is 2. The lowest BCUT2D eigenvalue weighted by Gasteiger charge is -2.00. The van der Waals surface area contributed by atoms with Gasteiger partial charge in [0.15, 0.2) is 0 Å². The van der Waals surface area contributed by atoms with Crippen molar-refractivity contribution in [3.63, 3.8) is 0 Å². The molecule has 0 radical (unpaired) electrons. The smallest absolute Gasteiger partial charge is 0.328 e. The molecule has 0 fully saturated rings. The number of carbonyl (C=O) groups is 1. The maximum absolute atomic E-state index is 11.6. The maximum Gasteiger partial charge on any atom is 0.328 e. The molecule has 1 rings (SSSR count). The zero-order chi connectivity index (χ0) is 12.0. The third-order valence-electron chi connectivity index (χ3n) is 2.55. The van der Waals surface area contributed by atoms with E-state index < -0.39 is 5.97 Å². The van der Waals surface area contributed by atoms with Crippen LogP contribution >= 0.6 is 0 Å². The Morgan fingerprint density at radius 3 is 2.50 bits per heavy atom. The summed E-state index contributed by atoms with van der Waals surface area (Å²) in [7, 11) is 0. The Bertz CT molecular complexity index is 392. The lowest BCUT2D eigenvalue weighted by atomic mass is 10.2. The number of unbranched alkanes of at least 4 members (excludes halogenated alkanes) is 2. The van der Waals surface area contributed by atoms with Gasteiger partial charge >= 0.3 is 11.7 Å². The van der Waals surface area contributed by atoms with Gasteiger partial charge in [-0.25, -0.2) is 4.79 Å². The van der Waals surface area contributed by atoms with Crippen LogP contribution in [0.5, 0.6) is 0 Å². The number of carboxylic acids is 1. The van der Waals surface area contributed by atoms with Crippen LogP contribution in [0.2, 0.25) is 0 Å². The highest BCUT2D eigenvalue weighted by Crippen LogP contribution is 2.01. The minimum Gasteiger partial charge on any atom is -0.481 e. The predicted molar refractivity (Wildman–Crippen MR) is 60.5 cm³/mol. The zero-order valence-electron chi connectivity index (χ0n) is 9.56. The van der Waals surface area contributed by atoms with Crippen molar-refractivity contribution in [2.75, 3.05) is 0 Å². The molecule has 0 aliphatic carbocycles. The maximum atomic E-state index is 11.6. The second-order valence-corrected chi connectivity index (χ2v) is 3.76. The molecule has 90 valence electrons. The van der Waals surface area contributed by atoms with Gasteiger partial charge in [-0.2, -0.15) is 0 Å². The number of aromatic nitrogens is 2. The fourth-order valence-corrected chi connectivity index (χ4v) is 1.60. The SMILES string of the molecule is CCn1ccn(CCCCCC(=O)O)c1=O. The van der Waals surface area contributed by atoms with Crippen molar-refractivity contribution in [1.82, 2.24) is 9.13 Å². The van der Waals surface area contributed by atoms with Crippen LogP contribution in [-0.4, -0.2) is 20.2 Å². The Balaban J connectivity index is 2.29. The van der Waals surface area contributed by atoms with Crippen LogP contribution in [0.1, 0.15) is 32.6 Å². The molecular weight excluding hydrogens is 208 g/mol. The molecule has 5 heteroatoms. The topological polar surface area (TPSA) is 64.2 Å². The lowest BCUT2D eigenvalue weighted by molar-refractivity contribution is -0.137. The first-order valence-corrected chi connectivity index (χ1v) is 5.62. The van der Waals surface area contributed by atoms with Gasteiger partial charge in [0.25, 0.3) is 0 Å². The summed E-state index contributed by atoms with van der Waals surface area (Å²) < 4.78 is 3.32. The van der Waals surface area contributed by atoms with E-state index in [4.69, 9.17) is 5.11 Å². The fourth-order valence-electron chi connectivity index (χ4n) is 1.60. The quantitative estimate of drug-likeness (QED) is 0.713. The highest BCUT2D eigenvalue weighted by Gasteiger charge is 2.01. The highest BCUT2D eigenvalue weighted by atomic mass is 16.4. The number of carboxylic acid groups (broad SMARTS) is 1. The van der Waals surface area contributed by atoms with Crippen LogP contribution in [0.25, 0.3) is 0 Å². The summed E-state index contributed by atoms with van der Waals surface area (Å²) in [5, 5.41) is 8.45. The molecule has 0 bridgehead atoms. The Morgan fingerprint density at radius 1 is 1.25 bits per heavy atom. The van der Waals surface area contributed by atoms with E-state index in [9.17, 15) is 9.59 Å². The molecule has 0 aliphatic heterocycles. The lowest BCUT2D eigenvalue weighted by Crippen LogP contribution is -2.23. The zero-order valence-corrected chi connectivity index (χ0v) is 9.56.